The zero-order chi connectivity index (χ0) is 12.0. The predicted octanol–water partition coefficient (Wildman–Crippen LogP) is 2.36. The molecule has 0 saturated heterocycles. The maximum atomic E-state index is 5.81. The van der Waals surface area contributed by atoms with Gasteiger partial charge in [-0.25, -0.2) is 0 Å². The van der Waals surface area contributed by atoms with Gasteiger partial charge in [-0.2, -0.15) is 0 Å². The minimum Gasteiger partial charge on any atom is -0.378 e. The van der Waals surface area contributed by atoms with Crippen LogP contribution >= 0.6 is 23.8 Å². The molecule has 88 valence electrons. The Morgan fingerprint density at radius 1 is 1.31 bits per heavy atom. The van der Waals surface area contributed by atoms with Crippen LogP contribution in [0.4, 0.5) is 0 Å². The molecule has 1 aromatic rings. The Balaban J connectivity index is 2.31. The van der Waals surface area contributed by atoms with Gasteiger partial charge in [0.05, 0.1) is 4.99 Å². The number of likely N-dealkylation sites (N-methyl/N-ethyl adjacent to an activating group) is 1. The largest absolute Gasteiger partial charge is 0.378 e. The average Bonchev–Trinajstić information content (AvgIpc) is 2.21. The average molecular weight is 257 g/mol. The summed E-state index contributed by atoms with van der Waals surface area (Å²) in [6, 6.07) is 7.78. The van der Waals surface area contributed by atoms with E-state index < -0.39 is 0 Å². The molecule has 0 aliphatic heterocycles. The third-order valence-corrected chi connectivity index (χ3v) is 2.70. The van der Waals surface area contributed by atoms with Crippen molar-refractivity contribution in [1.82, 2.24) is 10.2 Å². The highest BCUT2D eigenvalue weighted by atomic mass is 35.5. The van der Waals surface area contributed by atoms with Gasteiger partial charge in [0.2, 0.25) is 0 Å². The van der Waals surface area contributed by atoms with Gasteiger partial charge in [-0.05, 0) is 31.8 Å². The number of rotatable bonds is 5. The highest BCUT2D eigenvalue weighted by Gasteiger charge is 1.99. The third-order valence-electron chi connectivity index (χ3n) is 2.16. The lowest BCUT2D eigenvalue weighted by molar-refractivity contribution is 0.413. The van der Waals surface area contributed by atoms with Crippen LogP contribution in [-0.4, -0.2) is 37.1 Å². The number of nitrogens with zero attached hydrogens (tertiary/aromatic N) is 1. The fraction of sp³-hybridized carbons (Fsp3) is 0.417. The van der Waals surface area contributed by atoms with Crippen molar-refractivity contribution in [3.63, 3.8) is 0 Å². The van der Waals surface area contributed by atoms with E-state index in [4.69, 9.17) is 23.8 Å². The van der Waals surface area contributed by atoms with Crippen LogP contribution in [0, 0.1) is 0 Å². The Kier molecular flexibility index (Phi) is 5.74. The van der Waals surface area contributed by atoms with Crippen LogP contribution in [0.25, 0.3) is 0 Å². The number of benzene rings is 1. The number of thiocarbonyl (C=S) groups is 1. The Morgan fingerprint density at radius 2 is 1.94 bits per heavy atom. The van der Waals surface area contributed by atoms with E-state index in [1.165, 1.54) is 5.56 Å². The third kappa shape index (κ3) is 5.45. The summed E-state index contributed by atoms with van der Waals surface area (Å²) in [5.41, 5.74) is 1.19. The molecule has 0 aromatic heterocycles. The molecule has 1 rings (SSSR count). The molecular weight excluding hydrogens is 240 g/mol. The maximum absolute atomic E-state index is 5.81. The van der Waals surface area contributed by atoms with Crippen molar-refractivity contribution in [3.05, 3.63) is 34.9 Å². The lowest BCUT2D eigenvalue weighted by Crippen LogP contribution is -2.31. The van der Waals surface area contributed by atoms with Crippen molar-refractivity contribution in [2.75, 3.05) is 27.2 Å². The van der Waals surface area contributed by atoms with E-state index in [1.807, 2.05) is 38.4 Å². The summed E-state index contributed by atoms with van der Waals surface area (Å²) in [6.45, 7) is 1.88. The molecule has 1 N–H and O–H groups in total. The van der Waals surface area contributed by atoms with Crippen LogP contribution in [0.2, 0.25) is 5.02 Å². The van der Waals surface area contributed by atoms with Crippen LogP contribution in [0.3, 0.4) is 0 Å². The monoisotopic (exact) mass is 256 g/mol. The van der Waals surface area contributed by atoms with Crippen LogP contribution in [0.1, 0.15) is 5.56 Å². The van der Waals surface area contributed by atoms with E-state index in [2.05, 4.69) is 10.2 Å². The normalized spacial score (nSPS) is 10.5. The van der Waals surface area contributed by atoms with E-state index in [0.717, 1.165) is 29.5 Å². The van der Waals surface area contributed by atoms with E-state index >= 15 is 0 Å². The second-order valence-corrected chi connectivity index (χ2v) is 4.89. The van der Waals surface area contributed by atoms with Gasteiger partial charge in [0.1, 0.15) is 0 Å². The number of hydrogen-bond acceptors (Lipinski definition) is 2. The lowest BCUT2D eigenvalue weighted by Gasteiger charge is -2.12. The first kappa shape index (κ1) is 13.4. The number of nitrogens with one attached hydrogen (secondary N) is 1. The molecule has 0 radical (unpaired) electrons. The zero-order valence-corrected chi connectivity index (χ0v) is 11.2. The summed E-state index contributed by atoms with van der Waals surface area (Å²) in [5.74, 6) is 0. The number of hydrogen-bond donors (Lipinski definition) is 1. The van der Waals surface area contributed by atoms with E-state index in [9.17, 15) is 0 Å². The summed E-state index contributed by atoms with van der Waals surface area (Å²) < 4.78 is 0. The standard InChI is InChI=1S/C12H17ClN2S/c1-15(2)8-7-14-12(16)9-10-3-5-11(13)6-4-10/h3-6H,7-9H2,1-2H3,(H,14,16). The lowest BCUT2D eigenvalue weighted by atomic mass is 10.1. The van der Waals surface area contributed by atoms with E-state index in [-0.39, 0.29) is 0 Å². The minimum absolute atomic E-state index is 0.759. The molecular formula is C12H17ClN2S. The van der Waals surface area contributed by atoms with Crippen molar-refractivity contribution < 1.29 is 0 Å². The van der Waals surface area contributed by atoms with Gasteiger partial charge >= 0.3 is 0 Å². The molecule has 0 aliphatic rings. The van der Waals surface area contributed by atoms with Gasteiger partial charge in [0.25, 0.3) is 0 Å². The first-order chi connectivity index (χ1) is 7.58. The molecule has 0 unspecified atom stereocenters. The molecule has 0 heterocycles. The first-order valence-electron chi connectivity index (χ1n) is 5.24. The summed E-state index contributed by atoms with van der Waals surface area (Å²) >= 11 is 11.1. The van der Waals surface area contributed by atoms with E-state index in [0.29, 0.717) is 0 Å². The van der Waals surface area contributed by atoms with Crippen LogP contribution in [0.15, 0.2) is 24.3 Å². The molecule has 0 fully saturated rings. The van der Waals surface area contributed by atoms with Crippen molar-refractivity contribution in [1.29, 1.82) is 0 Å². The fourth-order valence-electron chi connectivity index (χ4n) is 1.27. The zero-order valence-electron chi connectivity index (χ0n) is 9.66. The Labute approximate surface area is 108 Å². The molecule has 0 bridgehead atoms. The fourth-order valence-corrected chi connectivity index (χ4v) is 1.66. The van der Waals surface area contributed by atoms with E-state index in [1.54, 1.807) is 0 Å². The molecule has 0 amide bonds. The molecule has 0 atom stereocenters. The van der Waals surface area contributed by atoms with Gasteiger partial charge < -0.3 is 10.2 Å². The molecule has 0 spiro atoms. The molecule has 0 saturated carbocycles. The maximum Gasteiger partial charge on any atom is 0.0798 e. The van der Waals surface area contributed by atoms with Crippen LogP contribution in [0.5, 0.6) is 0 Å². The topological polar surface area (TPSA) is 15.3 Å². The summed E-state index contributed by atoms with van der Waals surface area (Å²) in [5, 5.41) is 3.99. The quantitative estimate of drug-likeness (QED) is 0.815. The predicted molar refractivity (Wildman–Crippen MR) is 74.3 cm³/mol. The van der Waals surface area contributed by atoms with Gasteiger partial charge in [-0.1, -0.05) is 36.0 Å². The van der Waals surface area contributed by atoms with Crippen molar-refractivity contribution in [3.8, 4) is 0 Å². The van der Waals surface area contributed by atoms with Crippen molar-refractivity contribution in [2.24, 2.45) is 0 Å². The first-order valence-corrected chi connectivity index (χ1v) is 6.02. The van der Waals surface area contributed by atoms with Gasteiger partial charge in [0, 0.05) is 24.5 Å². The Morgan fingerprint density at radius 3 is 2.50 bits per heavy atom. The van der Waals surface area contributed by atoms with Crippen molar-refractivity contribution >= 4 is 28.8 Å². The van der Waals surface area contributed by atoms with Gasteiger partial charge in [0.15, 0.2) is 0 Å². The van der Waals surface area contributed by atoms with Crippen molar-refractivity contribution in [2.45, 2.75) is 6.42 Å². The smallest absolute Gasteiger partial charge is 0.0798 e. The van der Waals surface area contributed by atoms with Gasteiger partial charge in [-0.3, -0.25) is 0 Å². The highest BCUT2D eigenvalue weighted by Crippen LogP contribution is 2.09. The molecule has 2 nitrogen and oxygen atoms in total. The second kappa shape index (κ2) is 6.84. The second-order valence-electron chi connectivity index (χ2n) is 3.96. The van der Waals surface area contributed by atoms with Crippen LogP contribution < -0.4 is 5.32 Å². The summed E-state index contributed by atoms with van der Waals surface area (Å²) in [7, 11) is 4.09. The molecule has 1 aromatic carbocycles. The van der Waals surface area contributed by atoms with Gasteiger partial charge in [-0.15, -0.1) is 0 Å². The minimum atomic E-state index is 0.759. The Hall–Kier alpha value is -0.640. The molecule has 4 heteroatoms. The van der Waals surface area contributed by atoms with Crippen LogP contribution in [-0.2, 0) is 6.42 Å². The highest BCUT2D eigenvalue weighted by molar-refractivity contribution is 7.80. The SMILES string of the molecule is CN(C)CCNC(=S)Cc1ccc(Cl)cc1. The Bertz CT molecular complexity index is 335. The summed E-state index contributed by atoms with van der Waals surface area (Å²) in [4.78, 5) is 3.00. The molecule has 16 heavy (non-hydrogen) atoms. The molecule has 0 aliphatic carbocycles. The summed E-state index contributed by atoms with van der Waals surface area (Å²) in [6.07, 6.45) is 0.778. The number of halogens is 1.